The van der Waals surface area contributed by atoms with Gasteiger partial charge in [0.15, 0.2) is 0 Å². The van der Waals surface area contributed by atoms with Gasteiger partial charge in [0.2, 0.25) is 15.9 Å². The number of carbonyl (C=O) groups excluding carboxylic acids is 1. The summed E-state index contributed by atoms with van der Waals surface area (Å²) in [6.45, 7) is 1.97. The topological polar surface area (TPSA) is 95.0 Å². The van der Waals surface area contributed by atoms with Crippen molar-refractivity contribution in [1.29, 1.82) is 0 Å². The summed E-state index contributed by atoms with van der Waals surface area (Å²) >= 11 is 0. The number of likely N-dealkylation sites (N-methyl/N-ethyl adjacent to an activating group) is 1. The summed E-state index contributed by atoms with van der Waals surface area (Å²) in [7, 11) is -1.80. The van der Waals surface area contributed by atoms with Gasteiger partial charge in [0, 0.05) is 26.6 Å². The molecule has 104 valence electrons. The predicted molar refractivity (Wildman–Crippen MR) is 64.5 cm³/mol. The van der Waals surface area contributed by atoms with Crippen LogP contribution in [0.2, 0.25) is 0 Å². The zero-order chi connectivity index (χ0) is 13.9. The minimum atomic E-state index is -3.20. The lowest BCUT2D eigenvalue weighted by atomic mass is 10.2. The molecule has 1 aliphatic heterocycles. The largest absolute Gasteiger partial charge is 0.480 e. The van der Waals surface area contributed by atoms with Crippen LogP contribution in [0.15, 0.2) is 0 Å². The van der Waals surface area contributed by atoms with Crippen molar-refractivity contribution in [1.82, 2.24) is 9.21 Å². The maximum Gasteiger partial charge on any atom is 0.326 e. The van der Waals surface area contributed by atoms with Gasteiger partial charge in [-0.05, 0) is 13.3 Å². The third-order valence-corrected chi connectivity index (χ3v) is 5.07. The van der Waals surface area contributed by atoms with Gasteiger partial charge >= 0.3 is 5.97 Å². The second-order valence-electron chi connectivity index (χ2n) is 4.34. The summed E-state index contributed by atoms with van der Waals surface area (Å²) in [6, 6.07) is -0.910. The average molecular weight is 278 g/mol. The summed E-state index contributed by atoms with van der Waals surface area (Å²) in [4.78, 5) is 23.5. The molecular weight excluding hydrogens is 260 g/mol. The Balaban J connectivity index is 2.49. The molecule has 0 bridgehead atoms. The van der Waals surface area contributed by atoms with Crippen LogP contribution in [-0.4, -0.2) is 66.5 Å². The average Bonchev–Trinajstić information content (AvgIpc) is 2.63. The van der Waals surface area contributed by atoms with Gasteiger partial charge in [0.05, 0.1) is 5.75 Å². The van der Waals surface area contributed by atoms with Crippen LogP contribution in [0.4, 0.5) is 0 Å². The van der Waals surface area contributed by atoms with Crippen LogP contribution in [0.25, 0.3) is 0 Å². The molecule has 1 amide bonds. The van der Waals surface area contributed by atoms with Crippen LogP contribution in [0.3, 0.4) is 0 Å². The van der Waals surface area contributed by atoms with Gasteiger partial charge in [-0.2, -0.15) is 0 Å². The first kappa shape index (κ1) is 14.9. The smallest absolute Gasteiger partial charge is 0.326 e. The number of hydrogen-bond acceptors (Lipinski definition) is 4. The Labute approximate surface area is 106 Å². The molecule has 1 saturated heterocycles. The maximum atomic E-state index is 11.7. The summed E-state index contributed by atoms with van der Waals surface area (Å²) in [5.41, 5.74) is 0. The Bertz CT molecular complexity index is 434. The number of carboxylic acids is 1. The zero-order valence-corrected chi connectivity index (χ0v) is 11.3. The molecule has 0 aromatic heterocycles. The molecule has 1 fully saturated rings. The highest BCUT2D eigenvalue weighted by molar-refractivity contribution is 7.89. The Morgan fingerprint density at radius 1 is 1.44 bits per heavy atom. The SMILES string of the molecule is C[C@H](C(=O)O)N(C)C(=O)CCN1CCCS1(=O)=O. The molecule has 1 heterocycles. The van der Waals surface area contributed by atoms with Crippen LogP contribution >= 0.6 is 0 Å². The van der Waals surface area contributed by atoms with E-state index >= 15 is 0 Å². The molecule has 0 aromatic carbocycles. The van der Waals surface area contributed by atoms with Gasteiger partial charge in [0.25, 0.3) is 0 Å². The van der Waals surface area contributed by atoms with Crippen LogP contribution in [0.1, 0.15) is 19.8 Å². The molecule has 0 spiro atoms. The number of nitrogens with zero attached hydrogens (tertiary/aromatic N) is 2. The number of rotatable bonds is 5. The molecule has 18 heavy (non-hydrogen) atoms. The molecule has 0 aliphatic carbocycles. The Kier molecular flexibility index (Phi) is 4.69. The van der Waals surface area contributed by atoms with Crippen molar-refractivity contribution < 1.29 is 23.1 Å². The molecule has 0 unspecified atom stereocenters. The summed E-state index contributed by atoms with van der Waals surface area (Å²) in [6.07, 6.45) is 0.589. The fraction of sp³-hybridized carbons (Fsp3) is 0.800. The van der Waals surface area contributed by atoms with E-state index in [1.165, 1.54) is 18.3 Å². The van der Waals surface area contributed by atoms with Gasteiger partial charge < -0.3 is 10.0 Å². The van der Waals surface area contributed by atoms with Crippen molar-refractivity contribution in [3.63, 3.8) is 0 Å². The van der Waals surface area contributed by atoms with Gasteiger partial charge in [-0.15, -0.1) is 0 Å². The van der Waals surface area contributed by atoms with Crippen molar-refractivity contribution >= 4 is 21.9 Å². The van der Waals surface area contributed by atoms with Crippen LogP contribution < -0.4 is 0 Å². The lowest BCUT2D eigenvalue weighted by Gasteiger charge is -2.22. The van der Waals surface area contributed by atoms with Gasteiger partial charge in [-0.3, -0.25) is 4.79 Å². The van der Waals surface area contributed by atoms with Gasteiger partial charge in [0.1, 0.15) is 6.04 Å². The molecule has 0 radical (unpaired) electrons. The highest BCUT2D eigenvalue weighted by atomic mass is 32.2. The van der Waals surface area contributed by atoms with E-state index in [0.717, 1.165) is 4.90 Å². The fourth-order valence-corrected chi connectivity index (χ4v) is 3.25. The predicted octanol–water partition coefficient (Wildman–Crippen LogP) is -0.656. The van der Waals surface area contributed by atoms with Gasteiger partial charge in [-0.1, -0.05) is 0 Å². The van der Waals surface area contributed by atoms with Crippen LogP contribution in [0.5, 0.6) is 0 Å². The molecule has 1 atom stereocenters. The van der Waals surface area contributed by atoms with Crippen molar-refractivity contribution in [3.05, 3.63) is 0 Å². The zero-order valence-electron chi connectivity index (χ0n) is 10.5. The quantitative estimate of drug-likeness (QED) is 0.720. The Morgan fingerprint density at radius 2 is 2.06 bits per heavy atom. The normalized spacial score (nSPS) is 20.6. The number of amides is 1. The highest BCUT2D eigenvalue weighted by Gasteiger charge is 2.29. The van der Waals surface area contributed by atoms with E-state index in [4.69, 9.17) is 5.11 Å². The molecule has 7 nitrogen and oxygen atoms in total. The van der Waals surface area contributed by atoms with E-state index in [9.17, 15) is 18.0 Å². The second-order valence-corrected chi connectivity index (χ2v) is 6.43. The third-order valence-electron chi connectivity index (χ3n) is 3.11. The lowest BCUT2D eigenvalue weighted by molar-refractivity contribution is -0.148. The summed E-state index contributed by atoms with van der Waals surface area (Å²) in [5.74, 6) is -1.32. The standard InChI is InChI=1S/C10H18N2O5S/c1-8(10(14)15)11(2)9(13)4-6-12-5-3-7-18(12,16)17/h8H,3-7H2,1-2H3,(H,14,15)/t8-/m1/s1. The molecular formula is C10H18N2O5S. The monoisotopic (exact) mass is 278 g/mol. The summed E-state index contributed by atoms with van der Waals surface area (Å²) < 4.78 is 24.3. The van der Waals surface area contributed by atoms with E-state index in [2.05, 4.69) is 0 Å². The maximum absolute atomic E-state index is 11.7. The van der Waals surface area contributed by atoms with Crippen LogP contribution in [0, 0.1) is 0 Å². The Hall–Kier alpha value is -1.15. The molecule has 1 aliphatic rings. The fourth-order valence-electron chi connectivity index (χ4n) is 1.72. The first-order chi connectivity index (χ1) is 8.25. The van der Waals surface area contributed by atoms with E-state index in [1.54, 1.807) is 0 Å². The van der Waals surface area contributed by atoms with E-state index in [1.807, 2.05) is 0 Å². The minimum absolute atomic E-state index is 0.00729. The number of aliphatic carboxylic acids is 1. The van der Waals surface area contributed by atoms with Crippen molar-refractivity contribution in [2.45, 2.75) is 25.8 Å². The summed E-state index contributed by atoms with van der Waals surface area (Å²) in [5, 5.41) is 8.76. The molecule has 0 aromatic rings. The molecule has 8 heteroatoms. The number of sulfonamides is 1. The number of hydrogen-bond donors (Lipinski definition) is 1. The van der Waals surface area contributed by atoms with Crippen molar-refractivity contribution in [3.8, 4) is 0 Å². The first-order valence-corrected chi connectivity index (χ1v) is 7.33. The van der Waals surface area contributed by atoms with Crippen molar-refractivity contribution in [2.24, 2.45) is 0 Å². The third kappa shape index (κ3) is 3.42. The minimum Gasteiger partial charge on any atom is -0.480 e. The van der Waals surface area contributed by atoms with Crippen LogP contribution in [-0.2, 0) is 19.6 Å². The van der Waals surface area contributed by atoms with Crippen molar-refractivity contribution in [2.75, 3.05) is 25.9 Å². The second kappa shape index (κ2) is 5.66. The Morgan fingerprint density at radius 3 is 2.50 bits per heavy atom. The lowest BCUT2D eigenvalue weighted by Crippen LogP contribution is -2.41. The van der Waals surface area contributed by atoms with E-state index < -0.39 is 22.0 Å². The molecule has 1 rings (SSSR count). The number of carboxylic acid groups (broad SMARTS) is 1. The van der Waals surface area contributed by atoms with Gasteiger partial charge in [-0.25, -0.2) is 17.5 Å². The molecule has 0 saturated carbocycles. The first-order valence-electron chi connectivity index (χ1n) is 5.72. The number of carbonyl (C=O) groups is 2. The highest BCUT2D eigenvalue weighted by Crippen LogP contribution is 2.14. The van der Waals surface area contributed by atoms with E-state index in [0.29, 0.717) is 13.0 Å². The molecule has 1 N–H and O–H groups in total. The van der Waals surface area contributed by atoms with E-state index in [-0.39, 0.29) is 24.6 Å².